The van der Waals surface area contributed by atoms with Crippen LogP contribution < -0.4 is 15.5 Å². The lowest BCUT2D eigenvalue weighted by atomic mass is 9.86. The molecule has 1 N–H and O–H groups in total. The number of nitrogens with one attached hydrogen (secondary N) is 1. The minimum atomic E-state index is -1.22. The third-order valence-corrected chi connectivity index (χ3v) is 8.36. The van der Waals surface area contributed by atoms with E-state index in [0.717, 1.165) is 12.1 Å². The van der Waals surface area contributed by atoms with Gasteiger partial charge in [-0.05, 0) is 42.2 Å². The number of hydrogen-bond donors (Lipinski definition) is 1. The van der Waals surface area contributed by atoms with Gasteiger partial charge in [-0.1, -0.05) is 30.3 Å². The summed E-state index contributed by atoms with van der Waals surface area (Å²) < 4.78 is 78.1. The number of benzene rings is 3. The fourth-order valence-electron chi connectivity index (χ4n) is 6.01. The summed E-state index contributed by atoms with van der Waals surface area (Å²) in [7, 11) is 0. The van der Waals surface area contributed by atoms with E-state index in [9.17, 15) is 36.3 Å². The van der Waals surface area contributed by atoms with Gasteiger partial charge in [-0.2, -0.15) is 0 Å². The highest BCUT2D eigenvalue weighted by molar-refractivity contribution is 5.99. The lowest BCUT2D eigenvalue weighted by Gasteiger charge is -2.33. The minimum absolute atomic E-state index is 0.0437. The Hall–Kier alpha value is -5.00. The van der Waals surface area contributed by atoms with Crippen molar-refractivity contribution in [2.75, 3.05) is 6.54 Å². The van der Waals surface area contributed by atoms with Crippen molar-refractivity contribution in [2.24, 2.45) is 0 Å². The van der Waals surface area contributed by atoms with Crippen LogP contribution >= 0.6 is 0 Å². The largest absolute Gasteiger partial charge is 0.483 e. The molecule has 2 amide bonds. The molecule has 4 aromatic rings. The zero-order valence-corrected chi connectivity index (χ0v) is 23.9. The Morgan fingerprint density at radius 2 is 1.64 bits per heavy atom. The normalized spacial score (nSPS) is 17.2. The van der Waals surface area contributed by atoms with Crippen LogP contribution in [0.2, 0.25) is 0 Å². The van der Waals surface area contributed by atoms with E-state index in [1.54, 1.807) is 37.3 Å². The molecule has 232 valence electrons. The van der Waals surface area contributed by atoms with Crippen molar-refractivity contribution in [3.8, 4) is 5.75 Å². The van der Waals surface area contributed by atoms with Gasteiger partial charge in [0.05, 0.1) is 0 Å². The monoisotopic (exact) mass is 623 g/mol. The molecule has 0 fully saturated rings. The second kappa shape index (κ2) is 11.8. The molecule has 2 aliphatic heterocycles. The molecular formula is C33H26F5N3O4. The molecule has 1 aromatic heterocycles. The minimum Gasteiger partial charge on any atom is -0.483 e. The van der Waals surface area contributed by atoms with Crippen molar-refractivity contribution in [3.05, 3.63) is 134 Å². The van der Waals surface area contributed by atoms with Gasteiger partial charge in [0.25, 0.3) is 11.8 Å². The number of carbonyl (C=O) groups is 2. The van der Waals surface area contributed by atoms with Gasteiger partial charge in [0.1, 0.15) is 29.6 Å². The van der Waals surface area contributed by atoms with Gasteiger partial charge in [0, 0.05) is 55.5 Å². The molecule has 0 saturated carbocycles. The highest BCUT2D eigenvalue weighted by atomic mass is 19.2. The average molecular weight is 624 g/mol. The van der Waals surface area contributed by atoms with Crippen LogP contribution in [0.4, 0.5) is 22.0 Å². The third kappa shape index (κ3) is 5.56. The molecule has 0 saturated heterocycles. The Bertz CT molecular complexity index is 1870. The first-order valence-corrected chi connectivity index (χ1v) is 14.2. The highest BCUT2D eigenvalue weighted by Crippen LogP contribution is 2.41. The Balaban J connectivity index is 1.47. The standard InChI is InChI=1S/C33H26F5N3O4/c1-17-21-7-8-40(14-19-9-27(37)28(38)12-22(19)21)33(44)29-31(45-16-18-5-3-2-4-6-18)30(42)24(15-41(17)29)32(43)39-13-23-25(35)10-20(34)11-26(23)36/h2-6,9-12,15,17,21H,7-8,13-14,16H2,1H3,(H,39,43). The van der Waals surface area contributed by atoms with Gasteiger partial charge in [-0.3, -0.25) is 14.4 Å². The Labute approximate surface area is 253 Å². The van der Waals surface area contributed by atoms with Crippen molar-refractivity contribution in [1.29, 1.82) is 0 Å². The lowest BCUT2D eigenvalue weighted by Crippen LogP contribution is -2.39. The van der Waals surface area contributed by atoms with Crippen LogP contribution in [0.3, 0.4) is 0 Å². The molecule has 2 unspecified atom stereocenters. The van der Waals surface area contributed by atoms with Crippen molar-refractivity contribution in [2.45, 2.75) is 45.0 Å². The van der Waals surface area contributed by atoms with Crippen molar-refractivity contribution < 1.29 is 36.3 Å². The molecule has 0 aliphatic carbocycles. The van der Waals surface area contributed by atoms with Gasteiger partial charge in [0.2, 0.25) is 5.43 Å². The van der Waals surface area contributed by atoms with Crippen molar-refractivity contribution in [3.63, 3.8) is 0 Å². The molecule has 2 atom stereocenters. The molecule has 2 aliphatic rings. The number of ether oxygens (including phenoxy) is 1. The zero-order valence-electron chi connectivity index (χ0n) is 23.9. The number of amides is 2. The van der Waals surface area contributed by atoms with E-state index in [4.69, 9.17) is 4.74 Å². The number of carbonyl (C=O) groups excluding carboxylic acids is 2. The predicted molar refractivity (Wildman–Crippen MR) is 152 cm³/mol. The molecule has 3 aromatic carbocycles. The van der Waals surface area contributed by atoms with E-state index in [1.807, 2.05) is 0 Å². The summed E-state index contributed by atoms with van der Waals surface area (Å²) in [6.45, 7) is 1.07. The first-order chi connectivity index (χ1) is 21.5. The second-order valence-electron chi connectivity index (χ2n) is 11.1. The fraction of sp³-hybridized carbons (Fsp3) is 0.242. The SMILES string of the molecule is CC1C2CCN(Cc3cc(F)c(F)cc32)C(=O)c2c(OCc3ccccc3)c(=O)c(C(=O)NCc3c(F)cc(F)cc3F)cn21. The summed E-state index contributed by atoms with van der Waals surface area (Å²) in [5.41, 5.74) is -0.622. The molecule has 2 bridgehead atoms. The second-order valence-corrected chi connectivity index (χ2v) is 11.1. The first kappa shape index (κ1) is 30.0. The van der Waals surface area contributed by atoms with Gasteiger partial charge in [-0.25, -0.2) is 22.0 Å². The van der Waals surface area contributed by atoms with Crippen LogP contribution in [0, 0.1) is 29.1 Å². The summed E-state index contributed by atoms with van der Waals surface area (Å²) in [6, 6.07) is 11.2. The number of nitrogens with zero attached hydrogens (tertiary/aromatic N) is 2. The van der Waals surface area contributed by atoms with Crippen LogP contribution in [-0.2, 0) is 19.7 Å². The van der Waals surface area contributed by atoms with E-state index in [2.05, 4.69) is 5.32 Å². The quantitative estimate of drug-likeness (QED) is 0.277. The van der Waals surface area contributed by atoms with Crippen LogP contribution in [-0.4, -0.2) is 27.8 Å². The number of rotatable bonds is 6. The van der Waals surface area contributed by atoms with Crippen LogP contribution in [0.25, 0.3) is 0 Å². The van der Waals surface area contributed by atoms with Gasteiger partial charge < -0.3 is 19.5 Å². The maximum Gasteiger partial charge on any atom is 0.274 e. The van der Waals surface area contributed by atoms with Crippen LogP contribution in [0.5, 0.6) is 5.75 Å². The summed E-state index contributed by atoms with van der Waals surface area (Å²) in [4.78, 5) is 42.8. The maximum atomic E-state index is 14.5. The Kier molecular flexibility index (Phi) is 7.90. The van der Waals surface area contributed by atoms with Crippen LogP contribution in [0.15, 0.2) is 65.6 Å². The van der Waals surface area contributed by atoms with Crippen LogP contribution in [0.1, 0.15) is 68.4 Å². The van der Waals surface area contributed by atoms with Gasteiger partial charge >= 0.3 is 0 Å². The summed E-state index contributed by atoms with van der Waals surface area (Å²) >= 11 is 0. The number of pyridine rings is 1. The van der Waals surface area contributed by atoms with Crippen molar-refractivity contribution in [1.82, 2.24) is 14.8 Å². The topological polar surface area (TPSA) is 80.6 Å². The molecule has 7 nitrogen and oxygen atoms in total. The number of aromatic nitrogens is 1. The zero-order chi connectivity index (χ0) is 32.0. The molecule has 0 spiro atoms. The lowest BCUT2D eigenvalue weighted by molar-refractivity contribution is 0.0705. The van der Waals surface area contributed by atoms with E-state index in [1.165, 1.54) is 15.7 Å². The number of fused-ring (bicyclic) bond motifs is 6. The molecule has 6 rings (SSSR count). The average Bonchev–Trinajstić information content (AvgIpc) is 3.17. The predicted octanol–water partition coefficient (Wildman–Crippen LogP) is 5.76. The fourth-order valence-corrected chi connectivity index (χ4v) is 6.01. The highest BCUT2D eigenvalue weighted by Gasteiger charge is 2.38. The summed E-state index contributed by atoms with van der Waals surface area (Å²) in [6.07, 6.45) is 1.55. The Morgan fingerprint density at radius 3 is 2.36 bits per heavy atom. The van der Waals surface area contributed by atoms with Crippen molar-refractivity contribution >= 4 is 11.8 Å². The summed E-state index contributed by atoms with van der Waals surface area (Å²) in [5.74, 6) is -8.20. The molecule has 45 heavy (non-hydrogen) atoms. The maximum absolute atomic E-state index is 14.5. The van der Waals surface area contributed by atoms with E-state index < -0.39 is 81.7 Å². The van der Waals surface area contributed by atoms with E-state index in [0.29, 0.717) is 35.2 Å². The first-order valence-electron chi connectivity index (χ1n) is 14.2. The van der Waals surface area contributed by atoms with E-state index >= 15 is 0 Å². The smallest absolute Gasteiger partial charge is 0.274 e. The molecular weight excluding hydrogens is 597 g/mol. The molecule has 0 radical (unpaired) electrons. The summed E-state index contributed by atoms with van der Waals surface area (Å²) in [5, 5.41) is 2.30. The third-order valence-electron chi connectivity index (χ3n) is 8.36. The van der Waals surface area contributed by atoms with E-state index in [-0.39, 0.29) is 25.4 Å². The van der Waals surface area contributed by atoms with Gasteiger partial charge in [-0.15, -0.1) is 0 Å². The molecule has 12 heteroatoms. The van der Waals surface area contributed by atoms with Gasteiger partial charge in [0.15, 0.2) is 23.1 Å². The number of halogens is 5. The Morgan fingerprint density at radius 1 is 0.956 bits per heavy atom. The number of hydrogen-bond acceptors (Lipinski definition) is 4. The molecule has 3 heterocycles.